The maximum absolute atomic E-state index is 5.43. The molecule has 5 nitrogen and oxygen atoms in total. The predicted molar refractivity (Wildman–Crippen MR) is 57.5 cm³/mol. The molecule has 1 saturated carbocycles. The van der Waals surface area contributed by atoms with Gasteiger partial charge >= 0.3 is 6.01 Å². The molecule has 0 aliphatic heterocycles. The molecular formula is C10H18N4O. The number of hydrogen-bond acceptors (Lipinski definition) is 5. The summed E-state index contributed by atoms with van der Waals surface area (Å²) in [6, 6.07) is 1.02. The Morgan fingerprint density at radius 2 is 2.20 bits per heavy atom. The summed E-state index contributed by atoms with van der Waals surface area (Å²) < 4.78 is 5.43. The summed E-state index contributed by atoms with van der Waals surface area (Å²) in [5.41, 5.74) is 0.371. The summed E-state index contributed by atoms with van der Waals surface area (Å²) in [7, 11) is 0. The van der Waals surface area contributed by atoms with Crippen molar-refractivity contribution in [3.8, 4) is 0 Å². The molecule has 0 spiro atoms. The Morgan fingerprint density at radius 1 is 1.47 bits per heavy atom. The van der Waals surface area contributed by atoms with Gasteiger partial charge in [-0.3, -0.25) is 0 Å². The zero-order chi connectivity index (χ0) is 10.9. The zero-order valence-corrected chi connectivity index (χ0v) is 9.50. The van der Waals surface area contributed by atoms with Crippen LogP contribution in [0.1, 0.15) is 33.1 Å². The van der Waals surface area contributed by atoms with Gasteiger partial charge in [0.05, 0.1) is 6.54 Å². The summed E-state index contributed by atoms with van der Waals surface area (Å²) in [5, 5.41) is 14.3. The Hall–Kier alpha value is -1.10. The van der Waals surface area contributed by atoms with Gasteiger partial charge in [-0.2, -0.15) is 0 Å². The van der Waals surface area contributed by atoms with Crippen molar-refractivity contribution >= 4 is 6.01 Å². The molecule has 15 heavy (non-hydrogen) atoms. The van der Waals surface area contributed by atoms with E-state index < -0.39 is 0 Å². The lowest BCUT2D eigenvalue weighted by Gasteiger charge is -2.02. The van der Waals surface area contributed by atoms with E-state index in [4.69, 9.17) is 4.42 Å². The van der Waals surface area contributed by atoms with E-state index in [1.807, 2.05) is 6.92 Å². The van der Waals surface area contributed by atoms with Crippen LogP contribution in [0, 0.1) is 5.41 Å². The van der Waals surface area contributed by atoms with E-state index in [1.165, 1.54) is 0 Å². The van der Waals surface area contributed by atoms with Crippen LogP contribution < -0.4 is 10.6 Å². The van der Waals surface area contributed by atoms with Crippen LogP contribution in [0.3, 0.4) is 0 Å². The van der Waals surface area contributed by atoms with E-state index in [1.54, 1.807) is 0 Å². The van der Waals surface area contributed by atoms with Gasteiger partial charge in [0.15, 0.2) is 0 Å². The van der Waals surface area contributed by atoms with Gasteiger partial charge in [-0.25, -0.2) is 0 Å². The van der Waals surface area contributed by atoms with E-state index in [-0.39, 0.29) is 0 Å². The molecule has 84 valence electrons. The molecule has 1 heterocycles. The molecule has 1 aliphatic carbocycles. The molecule has 0 bridgehead atoms. The largest absolute Gasteiger partial charge is 0.407 e. The molecule has 1 aromatic rings. The van der Waals surface area contributed by atoms with Crippen molar-refractivity contribution in [2.75, 3.05) is 11.9 Å². The summed E-state index contributed by atoms with van der Waals surface area (Å²) in [6.07, 6.45) is 1.16. The SMILES string of the molecule is CCNCc1nnc(NC2CC2(C)C)o1. The van der Waals surface area contributed by atoms with Gasteiger partial charge in [0, 0.05) is 6.04 Å². The van der Waals surface area contributed by atoms with E-state index in [2.05, 4.69) is 34.7 Å². The molecule has 0 aromatic carbocycles. The van der Waals surface area contributed by atoms with Crippen LogP contribution in [0.15, 0.2) is 4.42 Å². The van der Waals surface area contributed by atoms with Crippen LogP contribution in [0.2, 0.25) is 0 Å². The van der Waals surface area contributed by atoms with Crippen LogP contribution >= 0.6 is 0 Å². The Balaban J connectivity index is 1.85. The third kappa shape index (κ3) is 2.47. The quantitative estimate of drug-likeness (QED) is 0.769. The van der Waals surface area contributed by atoms with Crippen molar-refractivity contribution in [3.63, 3.8) is 0 Å². The van der Waals surface area contributed by atoms with Crippen molar-refractivity contribution in [3.05, 3.63) is 5.89 Å². The number of aromatic nitrogens is 2. The highest BCUT2D eigenvalue weighted by Crippen LogP contribution is 2.46. The molecule has 1 unspecified atom stereocenters. The Morgan fingerprint density at radius 3 is 2.80 bits per heavy atom. The zero-order valence-electron chi connectivity index (χ0n) is 9.50. The minimum absolute atomic E-state index is 0.371. The molecule has 1 fully saturated rings. The molecular weight excluding hydrogens is 192 g/mol. The highest BCUT2D eigenvalue weighted by molar-refractivity contribution is 5.26. The van der Waals surface area contributed by atoms with Crippen molar-refractivity contribution in [2.45, 2.75) is 39.8 Å². The van der Waals surface area contributed by atoms with Gasteiger partial charge in [-0.05, 0) is 18.4 Å². The third-order valence-corrected chi connectivity index (χ3v) is 2.80. The monoisotopic (exact) mass is 210 g/mol. The Bertz CT molecular complexity index is 334. The smallest absolute Gasteiger partial charge is 0.315 e. The highest BCUT2D eigenvalue weighted by Gasteiger charge is 2.46. The maximum atomic E-state index is 5.43. The van der Waals surface area contributed by atoms with Crippen molar-refractivity contribution in [1.29, 1.82) is 0 Å². The first-order chi connectivity index (χ1) is 7.12. The molecule has 1 atom stereocenters. The fourth-order valence-corrected chi connectivity index (χ4v) is 1.48. The Kier molecular flexibility index (Phi) is 2.65. The first-order valence-corrected chi connectivity index (χ1v) is 5.41. The molecule has 2 rings (SSSR count). The molecule has 1 aliphatic rings. The lowest BCUT2D eigenvalue weighted by atomic mass is 10.2. The number of anilines is 1. The van der Waals surface area contributed by atoms with Gasteiger partial charge in [0.1, 0.15) is 0 Å². The summed E-state index contributed by atoms with van der Waals surface area (Å²) >= 11 is 0. The minimum atomic E-state index is 0.371. The topological polar surface area (TPSA) is 63.0 Å². The van der Waals surface area contributed by atoms with Gasteiger partial charge < -0.3 is 15.1 Å². The van der Waals surface area contributed by atoms with E-state index >= 15 is 0 Å². The molecule has 0 saturated heterocycles. The van der Waals surface area contributed by atoms with Crippen molar-refractivity contribution in [2.24, 2.45) is 5.41 Å². The fourth-order valence-electron chi connectivity index (χ4n) is 1.48. The second-order valence-electron chi connectivity index (χ2n) is 4.67. The predicted octanol–water partition coefficient (Wildman–Crippen LogP) is 1.39. The van der Waals surface area contributed by atoms with Crippen LogP contribution in [0.25, 0.3) is 0 Å². The summed E-state index contributed by atoms with van der Waals surface area (Å²) in [6.45, 7) is 8.03. The maximum Gasteiger partial charge on any atom is 0.315 e. The normalized spacial score (nSPS) is 22.7. The average Bonchev–Trinajstić information content (AvgIpc) is 2.63. The molecule has 0 amide bonds. The lowest BCUT2D eigenvalue weighted by molar-refractivity contribution is 0.478. The van der Waals surface area contributed by atoms with Crippen LogP contribution in [0.4, 0.5) is 6.01 Å². The third-order valence-electron chi connectivity index (χ3n) is 2.80. The second-order valence-corrected chi connectivity index (χ2v) is 4.67. The van der Waals surface area contributed by atoms with Crippen LogP contribution in [-0.4, -0.2) is 22.8 Å². The molecule has 5 heteroatoms. The first kappa shape index (κ1) is 10.4. The summed E-state index contributed by atoms with van der Waals surface area (Å²) in [4.78, 5) is 0. The van der Waals surface area contributed by atoms with Crippen molar-refractivity contribution < 1.29 is 4.42 Å². The first-order valence-electron chi connectivity index (χ1n) is 5.41. The fraction of sp³-hybridized carbons (Fsp3) is 0.800. The van der Waals surface area contributed by atoms with Gasteiger partial charge in [0.25, 0.3) is 0 Å². The molecule has 1 aromatic heterocycles. The van der Waals surface area contributed by atoms with Gasteiger partial charge in [-0.15, -0.1) is 5.10 Å². The second kappa shape index (κ2) is 3.81. The standard InChI is InChI=1S/C10H18N4O/c1-4-11-6-8-13-14-9(15-8)12-7-5-10(7,2)3/h7,11H,4-6H2,1-3H3,(H,12,14). The summed E-state index contributed by atoms with van der Waals surface area (Å²) in [5.74, 6) is 0.637. The van der Waals surface area contributed by atoms with Crippen LogP contribution in [0.5, 0.6) is 0 Å². The molecule has 0 radical (unpaired) electrons. The minimum Gasteiger partial charge on any atom is -0.407 e. The van der Waals surface area contributed by atoms with Crippen molar-refractivity contribution in [1.82, 2.24) is 15.5 Å². The number of rotatable bonds is 5. The number of nitrogens with one attached hydrogen (secondary N) is 2. The van der Waals surface area contributed by atoms with Crippen LogP contribution in [-0.2, 0) is 6.54 Å². The highest BCUT2D eigenvalue weighted by atomic mass is 16.4. The average molecular weight is 210 g/mol. The number of nitrogens with zero attached hydrogens (tertiary/aromatic N) is 2. The Labute approximate surface area is 89.6 Å². The van der Waals surface area contributed by atoms with Gasteiger partial charge in [0.2, 0.25) is 5.89 Å². The number of hydrogen-bond donors (Lipinski definition) is 2. The lowest BCUT2D eigenvalue weighted by Crippen LogP contribution is -2.11. The molecule has 2 N–H and O–H groups in total. The van der Waals surface area contributed by atoms with E-state index in [9.17, 15) is 0 Å². The van der Waals surface area contributed by atoms with Gasteiger partial charge in [-0.1, -0.05) is 25.9 Å². The van der Waals surface area contributed by atoms with E-state index in [0.717, 1.165) is 13.0 Å². The van der Waals surface area contributed by atoms with E-state index in [0.29, 0.717) is 29.9 Å².